The molecule has 4 rings (SSSR count). The van der Waals surface area contributed by atoms with Crippen LogP contribution in [0, 0.1) is 0 Å². The molecular weight excluding hydrogens is 380 g/mol. The molecule has 0 aliphatic carbocycles. The molecule has 2 aromatic rings. The molecule has 2 aliphatic heterocycles. The number of halogens is 1. The van der Waals surface area contributed by atoms with Gasteiger partial charge in [-0.25, -0.2) is 0 Å². The molecule has 1 fully saturated rings. The van der Waals surface area contributed by atoms with E-state index in [0.29, 0.717) is 18.0 Å². The molecule has 0 saturated carbocycles. The Balaban J connectivity index is 1.17. The number of hydrogen-bond donors (Lipinski definition) is 3. The summed E-state index contributed by atoms with van der Waals surface area (Å²) in [5, 5.41) is 11.1. The van der Waals surface area contributed by atoms with Crippen molar-refractivity contribution in [3.8, 4) is 17.2 Å². The topological polar surface area (TPSA) is 56.8 Å². The van der Waals surface area contributed by atoms with Gasteiger partial charge >= 0.3 is 0 Å². The molecule has 0 aromatic heterocycles. The quantitative estimate of drug-likeness (QED) is 0.595. The zero-order valence-corrected chi connectivity index (χ0v) is 16.6. The summed E-state index contributed by atoms with van der Waals surface area (Å²) in [6, 6.07) is 13.6. The standard InChI is InChI=1S/C21H25ClN2O4/c22-17-3-1-16(2-4-17)12-23-7-9-24(10-8-23)13-18(25)14-26-19-5-6-20-21(11-19)28-15-27-20/h1-6,11,18,25H,7-10,12-15H2/p+2/t18-/m1/s1. The van der Waals surface area contributed by atoms with E-state index in [-0.39, 0.29) is 13.4 Å². The number of quaternary nitrogens is 2. The maximum atomic E-state index is 10.4. The smallest absolute Gasteiger partial charge is 0.231 e. The van der Waals surface area contributed by atoms with Gasteiger partial charge in [0, 0.05) is 16.7 Å². The van der Waals surface area contributed by atoms with E-state index in [4.69, 9.17) is 25.8 Å². The van der Waals surface area contributed by atoms with Crippen molar-refractivity contribution in [1.82, 2.24) is 0 Å². The van der Waals surface area contributed by atoms with Gasteiger partial charge in [-0.05, 0) is 24.3 Å². The Labute approximate surface area is 170 Å². The van der Waals surface area contributed by atoms with Gasteiger partial charge < -0.3 is 29.1 Å². The predicted octanol–water partition coefficient (Wildman–Crippen LogP) is -0.208. The van der Waals surface area contributed by atoms with Crippen molar-refractivity contribution in [2.45, 2.75) is 12.6 Å². The maximum Gasteiger partial charge on any atom is 0.231 e. The van der Waals surface area contributed by atoms with Crippen LogP contribution < -0.4 is 24.0 Å². The van der Waals surface area contributed by atoms with E-state index < -0.39 is 6.10 Å². The van der Waals surface area contributed by atoms with Gasteiger partial charge in [0.15, 0.2) is 11.5 Å². The zero-order valence-electron chi connectivity index (χ0n) is 15.8. The lowest BCUT2D eigenvalue weighted by Gasteiger charge is -2.30. The zero-order chi connectivity index (χ0) is 19.3. The normalized spacial score (nSPS) is 22.1. The summed E-state index contributed by atoms with van der Waals surface area (Å²) in [4.78, 5) is 3.01. The van der Waals surface area contributed by atoms with Crippen LogP contribution in [0.25, 0.3) is 0 Å². The third kappa shape index (κ3) is 5.08. The molecule has 150 valence electrons. The highest BCUT2D eigenvalue weighted by Gasteiger charge is 2.25. The molecule has 0 amide bonds. The fraction of sp³-hybridized carbons (Fsp3) is 0.429. The second kappa shape index (κ2) is 9.01. The van der Waals surface area contributed by atoms with Crippen LogP contribution in [0.1, 0.15) is 5.56 Å². The van der Waals surface area contributed by atoms with E-state index in [9.17, 15) is 5.11 Å². The fourth-order valence-electron chi connectivity index (χ4n) is 3.78. The van der Waals surface area contributed by atoms with Crippen LogP contribution in [0.5, 0.6) is 17.2 Å². The third-order valence-electron chi connectivity index (χ3n) is 5.34. The Kier molecular flexibility index (Phi) is 6.22. The Morgan fingerprint density at radius 3 is 2.46 bits per heavy atom. The predicted molar refractivity (Wildman–Crippen MR) is 105 cm³/mol. The highest BCUT2D eigenvalue weighted by atomic mass is 35.5. The Morgan fingerprint density at radius 2 is 1.68 bits per heavy atom. The molecule has 2 heterocycles. The lowest BCUT2D eigenvalue weighted by atomic mass is 10.2. The Bertz CT molecular complexity index is 778. The van der Waals surface area contributed by atoms with Crippen LogP contribution in [0.4, 0.5) is 0 Å². The van der Waals surface area contributed by atoms with Gasteiger partial charge in [-0.2, -0.15) is 0 Å². The van der Waals surface area contributed by atoms with Gasteiger partial charge in [0.25, 0.3) is 0 Å². The lowest BCUT2D eigenvalue weighted by molar-refractivity contribution is -1.02. The van der Waals surface area contributed by atoms with Crippen molar-refractivity contribution in [2.75, 3.05) is 46.1 Å². The number of hydrogen-bond acceptors (Lipinski definition) is 4. The van der Waals surface area contributed by atoms with Crippen molar-refractivity contribution >= 4 is 11.6 Å². The van der Waals surface area contributed by atoms with Crippen molar-refractivity contribution in [3.05, 3.63) is 53.1 Å². The lowest BCUT2D eigenvalue weighted by Crippen LogP contribution is -3.28. The summed E-state index contributed by atoms with van der Waals surface area (Å²) in [5.41, 5.74) is 1.32. The first-order valence-corrected chi connectivity index (χ1v) is 10.2. The largest absolute Gasteiger partial charge is 0.491 e. The molecule has 2 aliphatic rings. The van der Waals surface area contributed by atoms with Gasteiger partial charge in [-0.3, -0.25) is 0 Å². The fourth-order valence-corrected chi connectivity index (χ4v) is 3.91. The van der Waals surface area contributed by atoms with Gasteiger partial charge in [-0.15, -0.1) is 0 Å². The van der Waals surface area contributed by atoms with Gasteiger partial charge in [0.05, 0.1) is 0 Å². The molecule has 0 radical (unpaired) electrons. The van der Waals surface area contributed by atoms with Gasteiger partial charge in [0.1, 0.15) is 57.7 Å². The maximum absolute atomic E-state index is 10.4. The molecule has 7 heteroatoms. The molecule has 1 atom stereocenters. The first kappa shape index (κ1) is 19.3. The molecule has 0 spiro atoms. The molecular formula is C21H27ClN2O4+2. The van der Waals surface area contributed by atoms with E-state index in [1.54, 1.807) is 11.0 Å². The van der Waals surface area contributed by atoms with E-state index >= 15 is 0 Å². The molecule has 28 heavy (non-hydrogen) atoms. The van der Waals surface area contributed by atoms with E-state index in [1.807, 2.05) is 24.3 Å². The number of ether oxygens (including phenoxy) is 3. The average molecular weight is 407 g/mol. The van der Waals surface area contributed by atoms with E-state index in [2.05, 4.69) is 12.1 Å². The summed E-state index contributed by atoms with van der Waals surface area (Å²) in [5.74, 6) is 2.12. The minimum absolute atomic E-state index is 0.247. The highest BCUT2D eigenvalue weighted by molar-refractivity contribution is 6.30. The van der Waals surface area contributed by atoms with Crippen LogP contribution in [0.15, 0.2) is 42.5 Å². The molecule has 0 bridgehead atoms. The first-order chi connectivity index (χ1) is 13.7. The van der Waals surface area contributed by atoms with Gasteiger partial charge in [-0.1, -0.05) is 23.7 Å². The average Bonchev–Trinajstić information content (AvgIpc) is 3.17. The minimum Gasteiger partial charge on any atom is -0.491 e. The molecule has 0 unspecified atom stereocenters. The highest BCUT2D eigenvalue weighted by Crippen LogP contribution is 2.35. The van der Waals surface area contributed by atoms with Crippen molar-refractivity contribution < 1.29 is 29.1 Å². The number of aliphatic hydroxyl groups excluding tert-OH is 1. The molecule has 2 aromatic carbocycles. The van der Waals surface area contributed by atoms with Crippen LogP contribution in [0.3, 0.4) is 0 Å². The summed E-state index contributed by atoms with van der Waals surface area (Å²) in [6.45, 7) is 6.59. The van der Waals surface area contributed by atoms with Gasteiger partial charge in [0.2, 0.25) is 6.79 Å². The molecule has 6 nitrogen and oxygen atoms in total. The van der Waals surface area contributed by atoms with Crippen LogP contribution >= 0.6 is 11.6 Å². The second-order valence-electron chi connectivity index (χ2n) is 7.49. The number of rotatable bonds is 7. The van der Waals surface area contributed by atoms with Crippen molar-refractivity contribution in [2.24, 2.45) is 0 Å². The second-order valence-corrected chi connectivity index (χ2v) is 7.92. The summed E-state index contributed by atoms with van der Waals surface area (Å²) < 4.78 is 16.4. The first-order valence-electron chi connectivity index (χ1n) is 9.78. The third-order valence-corrected chi connectivity index (χ3v) is 5.59. The summed E-state index contributed by atoms with van der Waals surface area (Å²) >= 11 is 5.96. The Morgan fingerprint density at radius 1 is 0.964 bits per heavy atom. The summed E-state index contributed by atoms with van der Waals surface area (Å²) in [7, 11) is 0. The van der Waals surface area contributed by atoms with Crippen molar-refractivity contribution in [3.63, 3.8) is 0 Å². The van der Waals surface area contributed by atoms with Crippen LogP contribution in [-0.4, -0.2) is 57.3 Å². The van der Waals surface area contributed by atoms with Crippen LogP contribution in [-0.2, 0) is 6.54 Å². The number of piperazine rings is 1. The van der Waals surface area contributed by atoms with E-state index in [0.717, 1.165) is 43.5 Å². The van der Waals surface area contributed by atoms with Crippen molar-refractivity contribution in [1.29, 1.82) is 0 Å². The molecule has 3 N–H and O–H groups in total. The minimum atomic E-state index is -0.488. The number of benzene rings is 2. The molecule has 1 saturated heterocycles. The number of fused-ring (bicyclic) bond motifs is 1. The number of nitrogens with one attached hydrogen (secondary N) is 2. The van der Waals surface area contributed by atoms with E-state index in [1.165, 1.54) is 10.5 Å². The monoisotopic (exact) mass is 406 g/mol. The number of aliphatic hydroxyl groups is 1. The SMILES string of the molecule is O[C@@H](COc1ccc2c(c1)OCO2)C[NH+]1CC[NH+](Cc2ccc(Cl)cc2)CC1. The Hall–Kier alpha value is -1.99. The van der Waals surface area contributed by atoms with Crippen LogP contribution in [0.2, 0.25) is 5.02 Å². The summed E-state index contributed by atoms with van der Waals surface area (Å²) in [6.07, 6.45) is -0.488.